The molecule has 0 atom stereocenters. The number of nitriles is 1. The van der Waals surface area contributed by atoms with Crippen LogP contribution in [0.1, 0.15) is 68.1 Å². The molecule has 1 fully saturated rings. The Balaban J connectivity index is 2.02. The van der Waals surface area contributed by atoms with Gasteiger partial charge in [0.1, 0.15) is 0 Å². The van der Waals surface area contributed by atoms with E-state index >= 15 is 0 Å². The third-order valence-corrected chi connectivity index (χ3v) is 4.39. The maximum Gasteiger partial charge on any atom is 0.0994 e. The first-order chi connectivity index (χ1) is 8.74. The third-order valence-electron chi connectivity index (χ3n) is 4.39. The summed E-state index contributed by atoms with van der Waals surface area (Å²) in [6, 6.07) is 8.63. The van der Waals surface area contributed by atoms with Crippen molar-refractivity contribution in [3.63, 3.8) is 0 Å². The topological polar surface area (TPSA) is 23.8 Å². The zero-order chi connectivity index (χ0) is 13.0. The molecule has 0 N–H and O–H groups in total. The van der Waals surface area contributed by atoms with Crippen LogP contribution in [0.2, 0.25) is 0 Å². The molecule has 0 aliphatic heterocycles. The molecule has 0 bridgehead atoms. The molecule has 1 nitrogen and oxygen atoms in total. The minimum absolute atomic E-state index is 0.726. The molecule has 1 heteroatoms. The van der Waals surface area contributed by atoms with Crippen molar-refractivity contribution in [2.45, 2.75) is 58.3 Å². The van der Waals surface area contributed by atoms with E-state index in [1.165, 1.54) is 44.1 Å². The molecule has 0 unspecified atom stereocenters. The van der Waals surface area contributed by atoms with E-state index in [0.29, 0.717) is 0 Å². The number of aryl methyl sites for hydroxylation is 1. The maximum absolute atomic E-state index is 8.96. The molecule has 0 heterocycles. The molecule has 18 heavy (non-hydrogen) atoms. The summed E-state index contributed by atoms with van der Waals surface area (Å²) < 4.78 is 0. The molecular formula is C17H23N. The minimum atomic E-state index is 0.726. The van der Waals surface area contributed by atoms with Gasteiger partial charge in [-0.15, -0.1) is 0 Å². The summed E-state index contributed by atoms with van der Waals surface area (Å²) in [6.45, 7) is 4.33. The largest absolute Gasteiger partial charge is 0.192 e. The van der Waals surface area contributed by atoms with Crippen LogP contribution in [0, 0.1) is 24.2 Å². The maximum atomic E-state index is 8.96. The standard InChI is InChI=1S/C17H23N/c1-3-4-14-5-7-15(8-6-14)16-9-10-17(12-18)13(2)11-16/h9-11,14-15H,3-8H2,1-2H3. The second-order valence-corrected chi connectivity index (χ2v) is 5.69. The molecule has 2 rings (SSSR count). The molecule has 0 saturated heterocycles. The second-order valence-electron chi connectivity index (χ2n) is 5.69. The van der Waals surface area contributed by atoms with Gasteiger partial charge in [-0.2, -0.15) is 5.26 Å². The van der Waals surface area contributed by atoms with Crippen molar-refractivity contribution in [1.29, 1.82) is 5.26 Å². The van der Waals surface area contributed by atoms with Crippen molar-refractivity contribution in [1.82, 2.24) is 0 Å². The molecule has 0 radical (unpaired) electrons. The quantitative estimate of drug-likeness (QED) is 0.735. The highest BCUT2D eigenvalue weighted by Crippen LogP contribution is 2.37. The summed E-state index contributed by atoms with van der Waals surface area (Å²) in [5.41, 5.74) is 3.39. The summed E-state index contributed by atoms with van der Waals surface area (Å²) in [7, 11) is 0. The zero-order valence-corrected chi connectivity index (χ0v) is 11.6. The van der Waals surface area contributed by atoms with Crippen molar-refractivity contribution in [3.8, 4) is 6.07 Å². The monoisotopic (exact) mass is 241 g/mol. The van der Waals surface area contributed by atoms with E-state index in [4.69, 9.17) is 5.26 Å². The van der Waals surface area contributed by atoms with Crippen LogP contribution in [0.4, 0.5) is 0 Å². The Morgan fingerprint density at radius 1 is 1.22 bits per heavy atom. The van der Waals surface area contributed by atoms with Gasteiger partial charge in [0.25, 0.3) is 0 Å². The molecule has 0 amide bonds. The van der Waals surface area contributed by atoms with Crippen LogP contribution < -0.4 is 0 Å². The number of rotatable bonds is 3. The molecule has 0 spiro atoms. The van der Waals surface area contributed by atoms with E-state index < -0.39 is 0 Å². The fourth-order valence-corrected chi connectivity index (χ4v) is 3.26. The highest BCUT2D eigenvalue weighted by Gasteiger charge is 2.21. The van der Waals surface area contributed by atoms with Crippen LogP contribution in [0.15, 0.2) is 18.2 Å². The smallest absolute Gasteiger partial charge is 0.0994 e. The summed E-state index contributed by atoms with van der Waals surface area (Å²) in [4.78, 5) is 0. The highest BCUT2D eigenvalue weighted by molar-refractivity contribution is 5.40. The van der Waals surface area contributed by atoms with E-state index in [1.807, 2.05) is 13.0 Å². The average Bonchev–Trinajstić information content (AvgIpc) is 2.40. The lowest BCUT2D eigenvalue weighted by atomic mass is 9.77. The van der Waals surface area contributed by atoms with Crippen molar-refractivity contribution in [2.75, 3.05) is 0 Å². The van der Waals surface area contributed by atoms with Crippen molar-refractivity contribution < 1.29 is 0 Å². The Morgan fingerprint density at radius 2 is 1.94 bits per heavy atom. The van der Waals surface area contributed by atoms with Gasteiger partial charge in [-0.3, -0.25) is 0 Å². The van der Waals surface area contributed by atoms with E-state index in [2.05, 4.69) is 25.1 Å². The van der Waals surface area contributed by atoms with E-state index in [9.17, 15) is 0 Å². The van der Waals surface area contributed by atoms with Gasteiger partial charge in [0.15, 0.2) is 0 Å². The lowest BCUT2D eigenvalue weighted by Crippen LogP contribution is -2.13. The van der Waals surface area contributed by atoms with Crippen molar-refractivity contribution in [3.05, 3.63) is 34.9 Å². The van der Waals surface area contributed by atoms with E-state index in [0.717, 1.165) is 23.0 Å². The van der Waals surface area contributed by atoms with Crippen LogP contribution in [0.25, 0.3) is 0 Å². The molecule has 96 valence electrons. The van der Waals surface area contributed by atoms with E-state index in [1.54, 1.807) is 0 Å². The molecule has 0 aromatic heterocycles. The van der Waals surface area contributed by atoms with Crippen molar-refractivity contribution in [2.24, 2.45) is 5.92 Å². The van der Waals surface area contributed by atoms with Gasteiger partial charge in [0.2, 0.25) is 0 Å². The summed E-state index contributed by atoms with van der Waals surface area (Å²) in [6.07, 6.45) is 8.16. The fourth-order valence-electron chi connectivity index (χ4n) is 3.26. The first-order valence-electron chi connectivity index (χ1n) is 7.25. The van der Waals surface area contributed by atoms with Gasteiger partial charge in [-0.05, 0) is 61.6 Å². The number of hydrogen-bond acceptors (Lipinski definition) is 1. The summed E-state index contributed by atoms with van der Waals surface area (Å²) in [5, 5.41) is 8.96. The molecule has 1 saturated carbocycles. The Labute approximate surface area is 111 Å². The fraction of sp³-hybridized carbons (Fsp3) is 0.588. The molecule has 1 aromatic carbocycles. The lowest BCUT2D eigenvalue weighted by molar-refractivity contribution is 0.308. The van der Waals surface area contributed by atoms with Gasteiger partial charge in [-0.25, -0.2) is 0 Å². The second kappa shape index (κ2) is 6.05. The van der Waals surface area contributed by atoms with Crippen LogP contribution in [0.3, 0.4) is 0 Å². The number of benzene rings is 1. The molecule has 1 aromatic rings. The van der Waals surface area contributed by atoms with Crippen LogP contribution in [0.5, 0.6) is 0 Å². The first-order valence-corrected chi connectivity index (χ1v) is 7.25. The molecular weight excluding hydrogens is 218 g/mol. The third kappa shape index (κ3) is 2.93. The SMILES string of the molecule is CCCC1CCC(c2ccc(C#N)c(C)c2)CC1. The molecule has 1 aliphatic carbocycles. The van der Waals surface area contributed by atoms with Gasteiger partial charge < -0.3 is 0 Å². The summed E-state index contributed by atoms with van der Waals surface area (Å²) >= 11 is 0. The Hall–Kier alpha value is -1.29. The zero-order valence-electron chi connectivity index (χ0n) is 11.6. The predicted octanol–water partition coefficient (Wildman–Crippen LogP) is 4.94. The Kier molecular flexibility index (Phi) is 4.42. The number of hydrogen-bond donors (Lipinski definition) is 0. The van der Waals surface area contributed by atoms with Crippen molar-refractivity contribution >= 4 is 0 Å². The first kappa shape index (κ1) is 13.1. The van der Waals surface area contributed by atoms with Gasteiger partial charge in [-0.1, -0.05) is 31.9 Å². The highest BCUT2D eigenvalue weighted by atomic mass is 14.3. The lowest BCUT2D eigenvalue weighted by Gasteiger charge is -2.28. The average molecular weight is 241 g/mol. The molecule has 1 aliphatic rings. The van der Waals surface area contributed by atoms with Gasteiger partial charge >= 0.3 is 0 Å². The van der Waals surface area contributed by atoms with E-state index in [-0.39, 0.29) is 0 Å². The minimum Gasteiger partial charge on any atom is -0.192 e. The van der Waals surface area contributed by atoms with Gasteiger partial charge in [0, 0.05) is 0 Å². The normalized spacial score (nSPS) is 23.6. The Bertz CT molecular complexity index is 433. The van der Waals surface area contributed by atoms with Crippen LogP contribution >= 0.6 is 0 Å². The Morgan fingerprint density at radius 3 is 2.50 bits per heavy atom. The van der Waals surface area contributed by atoms with Gasteiger partial charge in [0.05, 0.1) is 11.6 Å². The van der Waals surface area contributed by atoms with Crippen LogP contribution in [-0.4, -0.2) is 0 Å². The predicted molar refractivity (Wildman–Crippen MR) is 75.5 cm³/mol. The van der Waals surface area contributed by atoms with Crippen LogP contribution in [-0.2, 0) is 0 Å². The summed E-state index contributed by atoms with van der Waals surface area (Å²) in [5.74, 6) is 1.69. The number of nitrogens with zero attached hydrogens (tertiary/aromatic N) is 1.